The van der Waals surface area contributed by atoms with Gasteiger partial charge < -0.3 is 5.32 Å². The summed E-state index contributed by atoms with van der Waals surface area (Å²) >= 11 is 0. The van der Waals surface area contributed by atoms with Crippen LogP contribution < -0.4 is 5.32 Å². The molecular weight excluding hydrogens is 288 g/mol. The third-order valence-electron chi connectivity index (χ3n) is 4.12. The summed E-state index contributed by atoms with van der Waals surface area (Å²) in [6.45, 7) is 1.60. The molecule has 1 aliphatic heterocycles. The van der Waals surface area contributed by atoms with Crippen LogP contribution in [-0.4, -0.2) is 30.8 Å². The fourth-order valence-corrected chi connectivity index (χ4v) is 2.87. The molecular formula is C17H18N6. The summed E-state index contributed by atoms with van der Waals surface area (Å²) in [6.07, 6.45) is 5.50. The van der Waals surface area contributed by atoms with E-state index in [2.05, 4.69) is 25.4 Å². The zero-order valence-electron chi connectivity index (χ0n) is 12.8. The van der Waals surface area contributed by atoms with E-state index in [0.717, 1.165) is 48.8 Å². The second-order valence-electron chi connectivity index (χ2n) is 5.71. The molecule has 1 unspecified atom stereocenters. The Hall–Kier alpha value is -2.60. The zero-order chi connectivity index (χ0) is 15.5. The standard InChI is InChI=1S/C17H18N6/c1-2-4-13(5-3-1)17-18-9-8-14(22-17)10-19-15-6-7-16-20-12-21-23(16)11-15/h1-5,8-9,12,15,19H,6-7,10-11H2. The van der Waals surface area contributed by atoms with Crippen molar-refractivity contribution in [2.24, 2.45) is 0 Å². The molecule has 2 aromatic heterocycles. The highest BCUT2D eigenvalue weighted by atomic mass is 15.3. The van der Waals surface area contributed by atoms with Crippen molar-refractivity contribution in [3.8, 4) is 11.4 Å². The Morgan fingerprint density at radius 1 is 1.13 bits per heavy atom. The number of rotatable bonds is 4. The average Bonchev–Trinajstić information content (AvgIpc) is 3.09. The fourth-order valence-electron chi connectivity index (χ4n) is 2.87. The first kappa shape index (κ1) is 14.0. The van der Waals surface area contributed by atoms with E-state index in [0.29, 0.717) is 6.04 Å². The molecule has 23 heavy (non-hydrogen) atoms. The number of aromatic nitrogens is 5. The summed E-state index contributed by atoms with van der Waals surface area (Å²) < 4.78 is 1.98. The van der Waals surface area contributed by atoms with Crippen molar-refractivity contribution in [1.82, 2.24) is 30.0 Å². The van der Waals surface area contributed by atoms with Crippen LogP contribution in [0.3, 0.4) is 0 Å². The molecule has 0 fully saturated rings. The van der Waals surface area contributed by atoms with Crippen molar-refractivity contribution >= 4 is 0 Å². The lowest BCUT2D eigenvalue weighted by Crippen LogP contribution is -2.37. The molecule has 0 bridgehead atoms. The van der Waals surface area contributed by atoms with E-state index in [1.807, 2.05) is 47.3 Å². The highest BCUT2D eigenvalue weighted by Crippen LogP contribution is 2.15. The summed E-state index contributed by atoms with van der Waals surface area (Å²) in [4.78, 5) is 13.3. The van der Waals surface area contributed by atoms with Gasteiger partial charge in [-0.2, -0.15) is 5.10 Å². The Balaban J connectivity index is 1.42. The molecule has 0 radical (unpaired) electrons. The second-order valence-corrected chi connectivity index (χ2v) is 5.71. The van der Waals surface area contributed by atoms with E-state index in [9.17, 15) is 0 Å². The van der Waals surface area contributed by atoms with E-state index in [4.69, 9.17) is 0 Å². The number of hydrogen-bond acceptors (Lipinski definition) is 5. The summed E-state index contributed by atoms with van der Waals surface area (Å²) in [6, 6.07) is 12.4. The zero-order valence-corrected chi connectivity index (χ0v) is 12.8. The average molecular weight is 306 g/mol. The molecule has 6 nitrogen and oxygen atoms in total. The summed E-state index contributed by atoms with van der Waals surface area (Å²) in [5, 5.41) is 7.82. The molecule has 6 heteroatoms. The quantitative estimate of drug-likeness (QED) is 0.796. The Bertz CT molecular complexity index is 783. The SMILES string of the molecule is c1ccc(-c2nccc(CNC3CCc4ncnn4C3)n2)cc1. The lowest BCUT2D eigenvalue weighted by Gasteiger charge is -2.23. The first-order valence-electron chi connectivity index (χ1n) is 7.86. The Morgan fingerprint density at radius 3 is 2.96 bits per heavy atom. The van der Waals surface area contributed by atoms with Crippen molar-refractivity contribution in [2.45, 2.75) is 32.0 Å². The van der Waals surface area contributed by atoms with Gasteiger partial charge in [0.1, 0.15) is 12.2 Å². The highest BCUT2D eigenvalue weighted by Gasteiger charge is 2.19. The maximum atomic E-state index is 4.65. The van der Waals surface area contributed by atoms with Crippen LogP contribution in [0.4, 0.5) is 0 Å². The Kier molecular flexibility index (Phi) is 3.81. The molecule has 3 aromatic rings. The third-order valence-corrected chi connectivity index (χ3v) is 4.12. The summed E-state index contributed by atoms with van der Waals surface area (Å²) in [5.74, 6) is 1.85. The van der Waals surface area contributed by atoms with E-state index in [-0.39, 0.29) is 0 Å². The van der Waals surface area contributed by atoms with Gasteiger partial charge in [-0.3, -0.25) is 0 Å². The van der Waals surface area contributed by atoms with Gasteiger partial charge >= 0.3 is 0 Å². The van der Waals surface area contributed by atoms with Gasteiger partial charge in [0.05, 0.1) is 12.2 Å². The number of nitrogens with zero attached hydrogens (tertiary/aromatic N) is 5. The van der Waals surface area contributed by atoms with Crippen molar-refractivity contribution in [3.05, 3.63) is 60.4 Å². The molecule has 0 saturated heterocycles. The van der Waals surface area contributed by atoms with E-state index < -0.39 is 0 Å². The molecule has 3 heterocycles. The monoisotopic (exact) mass is 306 g/mol. The van der Waals surface area contributed by atoms with Crippen LogP contribution in [-0.2, 0) is 19.5 Å². The molecule has 1 aromatic carbocycles. The minimum atomic E-state index is 0.402. The fraction of sp³-hybridized carbons (Fsp3) is 0.294. The summed E-state index contributed by atoms with van der Waals surface area (Å²) in [5.41, 5.74) is 2.04. The predicted octanol–water partition coefficient (Wildman–Crippen LogP) is 1.84. The number of hydrogen-bond donors (Lipinski definition) is 1. The topological polar surface area (TPSA) is 68.5 Å². The molecule has 1 aliphatic rings. The van der Waals surface area contributed by atoms with Crippen LogP contribution in [0.25, 0.3) is 11.4 Å². The first-order valence-corrected chi connectivity index (χ1v) is 7.86. The molecule has 116 valence electrons. The van der Waals surface area contributed by atoms with Crippen LogP contribution in [0.2, 0.25) is 0 Å². The second kappa shape index (κ2) is 6.26. The maximum absolute atomic E-state index is 4.65. The van der Waals surface area contributed by atoms with Crippen molar-refractivity contribution < 1.29 is 0 Å². The minimum absolute atomic E-state index is 0.402. The normalized spacial score (nSPS) is 17.0. The van der Waals surface area contributed by atoms with Crippen LogP contribution in [0.15, 0.2) is 48.9 Å². The number of aryl methyl sites for hydroxylation is 1. The maximum Gasteiger partial charge on any atom is 0.159 e. The van der Waals surface area contributed by atoms with Gasteiger partial charge in [0.2, 0.25) is 0 Å². The van der Waals surface area contributed by atoms with Gasteiger partial charge in [-0.1, -0.05) is 30.3 Å². The first-order chi connectivity index (χ1) is 11.4. The van der Waals surface area contributed by atoms with Gasteiger partial charge in [-0.05, 0) is 12.5 Å². The van der Waals surface area contributed by atoms with Gasteiger partial charge in [0, 0.05) is 30.8 Å². The number of fused-ring (bicyclic) bond motifs is 1. The van der Waals surface area contributed by atoms with Crippen molar-refractivity contribution in [1.29, 1.82) is 0 Å². The van der Waals surface area contributed by atoms with E-state index in [1.165, 1.54) is 0 Å². The molecule has 0 aliphatic carbocycles. The molecule has 1 atom stereocenters. The number of benzene rings is 1. The van der Waals surface area contributed by atoms with E-state index in [1.54, 1.807) is 6.33 Å². The van der Waals surface area contributed by atoms with Gasteiger partial charge in [-0.25, -0.2) is 19.6 Å². The van der Waals surface area contributed by atoms with E-state index >= 15 is 0 Å². The lowest BCUT2D eigenvalue weighted by atomic mass is 10.1. The largest absolute Gasteiger partial charge is 0.307 e. The Labute approximate surface area is 134 Å². The van der Waals surface area contributed by atoms with Gasteiger partial charge in [0.15, 0.2) is 5.82 Å². The molecule has 0 amide bonds. The van der Waals surface area contributed by atoms with Crippen LogP contribution >= 0.6 is 0 Å². The van der Waals surface area contributed by atoms with Crippen LogP contribution in [0.5, 0.6) is 0 Å². The molecule has 1 N–H and O–H groups in total. The van der Waals surface area contributed by atoms with Gasteiger partial charge in [0.25, 0.3) is 0 Å². The van der Waals surface area contributed by atoms with Crippen LogP contribution in [0.1, 0.15) is 17.9 Å². The van der Waals surface area contributed by atoms with Gasteiger partial charge in [-0.15, -0.1) is 0 Å². The molecule has 0 saturated carbocycles. The predicted molar refractivity (Wildman–Crippen MR) is 86.4 cm³/mol. The smallest absolute Gasteiger partial charge is 0.159 e. The highest BCUT2D eigenvalue weighted by molar-refractivity contribution is 5.54. The van der Waals surface area contributed by atoms with Crippen molar-refractivity contribution in [3.63, 3.8) is 0 Å². The van der Waals surface area contributed by atoms with Crippen molar-refractivity contribution in [2.75, 3.05) is 0 Å². The minimum Gasteiger partial charge on any atom is -0.307 e. The Morgan fingerprint density at radius 2 is 2.04 bits per heavy atom. The molecule has 4 rings (SSSR count). The number of nitrogens with one attached hydrogen (secondary N) is 1. The summed E-state index contributed by atoms with van der Waals surface area (Å²) in [7, 11) is 0. The third kappa shape index (κ3) is 3.12. The lowest BCUT2D eigenvalue weighted by molar-refractivity contribution is 0.356. The molecule has 0 spiro atoms. The van der Waals surface area contributed by atoms with Crippen LogP contribution in [0, 0.1) is 0 Å².